The van der Waals surface area contributed by atoms with Crippen LogP contribution in [0.4, 0.5) is 0 Å². The third kappa shape index (κ3) is 9.06. The van der Waals surface area contributed by atoms with Crippen LogP contribution in [0.5, 0.6) is 0 Å². The molecule has 0 spiro atoms. The number of sulfonamides is 1. The van der Waals surface area contributed by atoms with E-state index in [0.717, 1.165) is 22.9 Å². The van der Waals surface area contributed by atoms with Crippen LogP contribution in [-0.4, -0.2) is 49.0 Å². The van der Waals surface area contributed by atoms with Gasteiger partial charge >= 0.3 is 0 Å². The van der Waals surface area contributed by atoms with Crippen LogP contribution < -0.4 is 5.32 Å². The molecule has 1 saturated heterocycles. The summed E-state index contributed by atoms with van der Waals surface area (Å²) in [6.45, 7) is 2.73. The number of pyridine rings is 1. The van der Waals surface area contributed by atoms with E-state index < -0.39 is 15.9 Å². The van der Waals surface area contributed by atoms with E-state index in [1.54, 1.807) is 18.3 Å². The first-order chi connectivity index (χ1) is 21.3. The number of piperidine rings is 1. The molecule has 0 saturated carbocycles. The maximum absolute atomic E-state index is 13.1. The summed E-state index contributed by atoms with van der Waals surface area (Å²) in [6.07, 6.45) is 5.48. The Labute approximate surface area is 259 Å². The number of nitrogens with zero attached hydrogens (tertiary/aromatic N) is 3. The zero-order valence-electron chi connectivity index (χ0n) is 24.9. The minimum absolute atomic E-state index is 0.0196. The number of aryl methyl sites for hydroxylation is 1. The van der Waals surface area contributed by atoms with E-state index in [9.17, 15) is 18.0 Å². The maximum atomic E-state index is 13.1. The molecule has 4 aromatic rings. The Hall–Kier alpha value is -4.39. The number of rotatable bonds is 10. The van der Waals surface area contributed by atoms with Crippen LogP contribution in [-0.2, 0) is 32.5 Å². The number of hydrogen-bond donors (Lipinski definition) is 1. The number of benzene rings is 3. The molecule has 44 heavy (non-hydrogen) atoms. The van der Waals surface area contributed by atoms with Crippen LogP contribution >= 0.6 is 0 Å². The number of carbonyl (C=O) groups excluding carboxylic acids is 2. The summed E-state index contributed by atoms with van der Waals surface area (Å²) in [5.74, 6) is -0.630. The molecular weight excluding hydrogens is 572 g/mol. The van der Waals surface area contributed by atoms with Crippen LogP contribution in [0.15, 0.2) is 102 Å². The van der Waals surface area contributed by atoms with Crippen LogP contribution in [0.3, 0.4) is 0 Å². The third-order valence-electron chi connectivity index (χ3n) is 7.72. The van der Waals surface area contributed by atoms with Gasteiger partial charge in [0.2, 0.25) is 15.9 Å². The zero-order chi connectivity index (χ0) is 31.4. The van der Waals surface area contributed by atoms with Gasteiger partial charge in [-0.3, -0.25) is 9.78 Å². The molecule has 2 atom stereocenters. The molecule has 9 heteroatoms. The predicted octanol–water partition coefficient (Wildman–Crippen LogP) is 5.34. The van der Waals surface area contributed by atoms with Crippen LogP contribution in [0.2, 0.25) is 0 Å². The van der Waals surface area contributed by atoms with Crippen molar-refractivity contribution < 1.29 is 18.0 Å². The largest absolute Gasteiger partial charge is 0.353 e. The lowest BCUT2D eigenvalue weighted by Gasteiger charge is -2.31. The minimum atomic E-state index is -3.56. The van der Waals surface area contributed by atoms with Crippen molar-refractivity contribution in [1.29, 1.82) is 5.26 Å². The highest BCUT2D eigenvalue weighted by Crippen LogP contribution is 2.26. The van der Waals surface area contributed by atoms with Gasteiger partial charge in [0, 0.05) is 36.9 Å². The van der Waals surface area contributed by atoms with E-state index in [4.69, 9.17) is 5.26 Å². The van der Waals surface area contributed by atoms with Crippen molar-refractivity contribution in [3.63, 3.8) is 0 Å². The van der Waals surface area contributed by atoms with Gasteiger partial charge in [0.25, 0.3) is 0 Å². The normalized spacial score (nSPS) is 15.3. The highest BCUT2D eigenvalue weighted by atomic mass is 32.2. The Bertz CT molecular complexity index is 1670. The van der Waals surface area contributed by atoms with Gasteiger partial charge in [-0.1, -0.05) is 66.7 Å². The Kier molecular flexibility index (Phi) is 11.8. The molecule has 1 aliphatic rings. The number of hydrogen-bond acceptors (Lipinski definition) is 6. The molecule has 2 unspecified atom stereocenters. The SMILES string of the molecule is CC(Cc1ccccc1)NC(=O)C1CCN(S(=O)(=O)c2ccc3ccccc3c2)CC1.N#CC(C=O)CCc1ccccn1. The summed E-state index contributed by atoms with van der Waals surface area (Å²) in [7, 11) is -3.56. The van der Waals surface area contributed by atoms with Crippen LogP contribution in [0.25, 0.3) is 10.8 Å². The first kappa shape index (κ1) is 32.5. The second-order valence-corrected chi connectivity index (χ2v) is 13.0. The van der Waals surface area contributed by atoms with E-state index in [1.807, 2.05) is 79.7 Å². The van der Waals surface area contributed by atoms with E-state index in [-0.39, 0.29) is 17.9 Å². The first-order valence-corrected chi connectivity index (χ1v) is 16.3. The molecule has 1 fully saturated rings. The number of amides is 1. The Morgan fingerprint density at radius 2 is 1.68 bits per heavy atom. The monoisotopic (exact) mass is 610 g/mol. The predicted molar refractivity (Wildman–Crippen MR) is 171 cm³/mol. The van der Waals surface area contributed by atoms with Crippen molar-refractivity contribution in [1.82, 2.24) is 14.6 Å². The summed E-state index contributed by atoms with van der Waals surface area (Å²) >= 11 is 0. The Morgan fingerprint density at radius 1 is 1.00 bits per heavy atom. The molecule has 8 nitrogen and oxygen atoms in total. The summed E-state index contributed by atoms with van der Waals surface area (Å²) in [4.78, 5) is 27.4. The summed E-state index contributed by atoms with van der Waals surface area (Å²) < 4.78 is 27.7. The van der Waals surface area contributed by atoms with Gasteiger partial charge in [0.1, 0.15) is 12.2 Å². The van der Waals surface area contributed by atoms with Gasteiger partial charge < -0.3 is 10.1 Å². The maximum Gasteiger partial charge on any atom is 0.243 e. The molecule has 1 aliphatic heterocycles. The van der Waals surface area contributed by atoms with Crippen molar-refractivity contribution >= 4 is 33.0 Å². The quantitative estimate of drug-likeness (QED) is 0.242. The second-order valence-electron chi connectivity index (χ2n) is 11.0. The fourth-order valence-electron chi connectivity index (χ4n) is 5.23. The van der Waals surface area contributed by atoms with E-state index in [1.165, 1.54) is 9.87 Å². The lowest BCUT2D eigenvalue weighted by molar-refractivity contribution is -0.126. The fraction of sp³-hybridized carbons (Fsp3) is 0.314. The number of fused-ring (bicyclic) bond motifs is 1. The molecule has 228 valence electrons. The molecule has 0 bridgehead atoms. The van der Waals surface area contributed by atoms with Crippen molar-refractivity contribution in [3.8, 4) is 6.07 Å². The number of nitriles is 1. The first-order valence-electron chi connectivity index (χ1n) is 14.9. The molecule has 2 heterocycles. The topological polar surface area (TPSA) is 120 Å². The molecule has 3 aromatic carbocycles. The van der Waals surface area contributed by atoms with Gasteiger partial charge in [-0.25, -0.2) is 8.42 Å². The molecular formula is C35H38N4O4S. The van der Waals surface area contributed by atoms with E-state index in [2.05, 4.69) is 22.4 Å². The smallest absolute Gasteiger partial charge is 0.243 e. The van der Waals surface area contributed by atoms with Crippen molar-refractivity contribution in [2.75, 3.05) is 13.1 Å². The Morgan fingerprint density at radius 3 is 2.34 bits per heavy atom. The fourth-order valence-corrected chi connectivity index (χ4v) is 6.73. The highest BCUT2D eigenvalue weighted by molar-refractivity contribution is 7.89. The molecule has 1 N–H and O–H groups in total. The van der Waals surface area contributed by atoms with Crippen LogP contribution in [0, 0.1) is 23.2 Å². The standard InChI is InChI=1S/C25H28N2O3S.C10H10N2O/c1-19(17-20-7-3-2-4-8-20)26-25(28)22-13-15-27(16-14-22)31(29,30)24-12-11-21-9-5-6-10-23(21)18-24;11-7-9(8-13)4-5-10-3-1-2-6-12-10/h2-12,18-19,22H,13-17H2,1H3,(H,26,28);1-3,6,8-9H,4-5H2. The van der Waals surface area contributed by atoms with E-state index in [0.29, 0.717) is 50.0 Å². The lowest BCUT2D eigenvalue weighted by Crippen LogP contribution is -2.45. The number of nitrogens with one attached hydrogen (secondary N) is 1. The minimum Gasteiger partial charge on any atom is -0.353 e. The molecule has 1 aromatic heterocycles. The van der Waals surface area contributed by atoms with Gasteiger partial charge in [-0.05, 0) is 79.6 Å². The number of carbonyl (C=O) groups is 2. The van der Waals surface area contributed by atoms with Gasteiger partial charge in [0.05, 0.1) is 11.0 Å². The molecule has 1 amide bonds. The summed E-state index contributed by atoms with van der Waals surface area (Å²) in [5, 5.41) is 13.5. The van der Waals surface area contributed by atoms with Crippen molar-refractivity contribution in [2.24, 2.45) is 11.8 Å². The van der Waals surface area contributed by atoms with Crippen LogP contribution in [0.1, 0.15) is 37.4 Å². The van der Waals surface area contributed by atoms with Crippen molar-refractivity contribution in [3.05, 3.63) is 108 Å². The lowest BCUT2D eigenvalue weighted by atomic mass is 9.96. The average Bonchev–Trinajstić information content (AvgIpc) is 3.06. The molecule has 0 aliphatic carbocycles. The molecule has 0 radical (unpaired) electrons. The molecule has 5 rings (SSSR count). The number of aromatic nitrogens is 1. The van der Waals surface area contributed by atoms with Gasteiger partial charge in [-0.15, -0.1) is 0 Å². The second kappa shape index (κ2) is 15.9. The summed E-state index contributed by atoms with van der Waals surface area (Å²) in [6, 6.07) is 30.6. The number of aldehydes is 1. The summed E-state index contributed by atoms with van der Waals surface area (Å²) in [5.41, 5.74) is 2.11. The van der Waals surface area contributed by atoms with Gasteiger partial charge in [0.15, 0.2) is 0 Å². The van der Waals surface area contributed by atoms with E-state index >= 15 is 0 Å². The average molecular weight is 611 g/mol. The van der Waals surface area contributed by atoms with Crippen molar-refractivity contribution in [2.45, 2.75) is 50.0 Å². The highest BCUT2D eigenvalue weighted by Gasteiger charge is 2.32. The zero-order valence-corrected chi connectivity index (χ0v) is 25.7. The Balaban J connectivity index is 0.000000285. The van der Waals surface area contributed by atoms with Gasteiger partial charge in [-0.2, -0.15) is 9.57 Å². The third-order valence-corrected chi connectivity index (χ3v) is 9.62.